The lowest BCUT2D eigenvalue weighted by Crippen LogP contribution is -2.37. The second-order valence-electron chi connectivity index (χ2n) is 3.50. The van der Waals surface area contributed by atoms with Crippen molar-refractivity contribution >= 4 is 21.6 Å². The molecule has 0 atom stereocenters. The average Bonchev–Trinajstić information content (AvgIpc) is 2.28. The molecular weight excluding hydrogens is 307 g/mol. The van der Waals surface area contributed by atoms with E-state index in [9.17, 15) is 36.8 Å². The number of nitrogens with zero attached hydrogens (tertiary/aromatic N) is 1. The maximum atomic E-state index is 11.9. The molecule has 0 radical (unpaired) electrons. The Bertz CT molecular complexity index is 616. The van der Waals surface area contributed by atoms with Crippen LogP contribution < -0.4 is 9.44 Å². The van der Waals surface area contributed by atoms with E-state index in [0.717, 1.165) is 12.1 Å². The van der Waals surface area contributed by atoms with Crippen molar-refractivity contribution in [3.05, 3.63) is 28.3 Å². The predicted octanol–water partition coefficient (Wildman–Crippen LogP) is 1.11. The fourth-order valence-electron chi connectivity index (χ4n) is 1.08. The quantitative estimate of drug-likeness (QED) is 0.427. The number of benzene rings is 1. The van der Waals surface area contributed by atoms with Crippen LogP contribution in [0.3, 0.4) is 0 Å². The highest BCUT2D eigenvalue weighted by Crippen LogP contribution is 2.28. The maximum absolute atomic E-state index is 11.9. The van der Waals surface area contributed by atoms with E-state index >= 15 is 0 Å². The van der Waals surface area contributed by atoms with Crippen molar-refractivity contribution in [3.63, 3.8) is 0 Å². The maximum Gasteiger partial charge on any atom is 0.402 e. The number of non-ortho nitro benzene ring substituents is 1. The molecule has 0 spiro atoms. The van der Waals surface area contributed by atoms with Gasteiger partial charge in [0.05, 0.1) is 10.6 Å². The second-order valence-corrected chi connectivity index (χ2v) is 5.00. The van der Waals surface area contributed by atoms with Crippen LogP contribution in [-0.4, -0.2) is 31.2 Å². The van der Waals surface area contributed by atoms with Gasteiger partial charge in [-0.2, -0.15) is 26.3 Å². The summed E-state index contributed by atoms with van der Waals surface area (Å²) < 4.78 is 60.9. The number of anilines is 1. The Morgan fingerprint density at radius 1 is 1.35 bits per heavy atom. The highest BCUT2D eigenvalue weighted by atomic mass is 32.2. The van der Waals surface area contributed by atoms with E-state index in [0.29, 0.717) is 6.07 Å². The Balaban J connectivity index is 2.92. The van der Waals surface area contributed by atoms with Crippen LogP contribution in [-0.2, 0) is 10.2 Å². The predicted molar refractivity (Wildman–Crippen MR) is 61.4 cm³/mol. The van der Waals surface area contributed by atoms with Gasteiger partial charge in [0.25, 0.3) is 15.9 Å². The summed E-state index contributed by atoms with van der Waals surface area (Å²) >= 11 is 0. The zero-order valence-electron chi connectivity index (χ0n) is 9.51. The molecule has 1 aromatic carbocycles. The third kappa shape index (κ3) is 4.89. The number of rotatable bonds is 5. The number of halogens is 3. The topological polar surface area (TPSA) is 122 Å². The zero-order chi connectivity index (χ0) is 15.6. The van der Waals surface area contributed by atoms with Gasteiger partial charge in [-0.1, -0.05) is 0 Å². The molecular formula is C8H8F3N3O5S. The van der Waals surface area contributed by atoms with Crippen molar-refractivity contribution in [3.8, 4) is 5.75 Å². The van der Waals surface area contributed by atoms with Crippen LogP contribution in [0.5, 0.6) is 5.75 Å². The van der Waals surface area contributed by atoms with Gasteiger partial charge in [0.2, 0.25) is 0 Å². The van der Waals surface area contributed by atoms with Gasteiger partial charge in [-0.15, -0.1) is 0 Å². The van der Waals surface area contributed by atoms with Crippen LogP contribution in [0.2, 0.25) is 0 Å². The Hall–Kier alpha value is -2.08. The minimum Gasteiger partial charge on any atom is -0.506 e. The van der Waals surface area contributed by atoms with E-state index in [1.807, 2.05) is 0 Å². The summed E-state index contributed by atoms with van der Waals surface area (Å²) in [6, 6.07) is 2.40. The molecule has 0 unspecified atom stereocenters. The van der Waals surface area contributed by atoms with Gasteiger partial charge in [0.15, 0.2) is 0 Å². The van der Waals surface area contributed by atoms with E-state index in [-0.39, 0.29) is 0 Å². The lowest BCUT2D eigenvalue weighted by molar-refractivity contribution is -0.384. The van der Waals surface area contributed by atoms with Crippen LogP contribution in [0, 0.1) is 10.1 Å². The number of phenolic OH excluding ortho intramolecular Hbond substituents is 1. The van der Waals surface area contributed by atoms with Crippen LogP contribution in [0.1, 0.15) is 0 Å². The summed E-state index contributed by atoms with van der Waals surface area (Å²) in [7, 11) is -4.64. The molecule has 20 heavy (non-hydrogen) atoms. The van der Waals surface area contributed by atoms with Crippen molar-refractivity contribution in [1.29, 1.82) is 0 Å². The Morgan fingerprint density at radius 3 is 2.45 bits per heavy atom. The van der Waals surface area contributed by atoms with Gasteiger partial charge in [0, 0.05) is 12.1 Å². The molecule has 112 valence electrons. The molecule has 0 saturated heterocycles. The first-order valence-corrected chi connectivity index (χ1v) is 6.30. The molecule has 3 N–H and O–H groups in total. The SMILES string of the molecule is O=[N+]([O-])c1ccc(O)c(NS(=O)(=O)NCC(F)(F)F)c1. The third-order valence-electron chi connectivity index (χ3n) is 1.90. The van der Waals surface area contributed by atoms with Gasteiger partial charge in [-0.3, -0.25) is 14.8 Å². The summed E-state index contributed by atoms with van der Waals surface area (Å²) in [5, 5.41) is 19.8. The van der Waals surface area contributed by atoms with Crippen molar-refractivity contribution in [2.24, 2.45) is 0 Å². The fraction of sp³-hybridized carbons (Fsp3) is 0.250. The monoisotopic (exact) mass is 315 g/mol. The average molecular weight is 315 g/mol. The van der Waals surface area contributed by atoms with Gasteiger partial charge < -0.3 is 5.11 Å². The van der Waals surface area contributed by atoms with E-state index < -0.39 is 45.0 Å². The molecule has 0 aliphatic heterocycles. The first-order chi connectivity index (χ1) is 9.00. The summed E-state index contributed by atoms with van der Waals surface area (Å²) in [5.41, 5.74) is -1.16. The molecule has 0 aromatic heterocycles. The largest absolute Gasteiger partial charge is 0.506 e. The van der Waals surface area contributed by atoms with Crippen LogP contribution in [0.15, 0.2) is 18.2 Å². The molecule has 0 amide bonds. The normalized spacial score (nSPS) is 12.2. The van der Waals surface area contributed by atoms with Crippen molar-refractivity contribution in [2.75, 3.05) is 11.3 Å². The summed E-state index contributed by atoms with van der Waals surface area (Å²) in [6.07, 6.45) is -4.76. The number of alkyl halides is 3. The molecule has 0 aliphatic rings. The minimum absolute atomic E-state index is 0.545. The first kappa shape index (κ1) is 16.0. The number of phenols is 1. The standard InChI is InChI=1S/C8H8F3N3O5S/c9-8(10,11)4-12-20(18,19)13-6-3-5(14(16)17)1-2-7(6)15/h1-3,12-13,15H,4H2. The van der Waals surface area contributed by atoms with E-state index in [4.69, 9.17) is 0 Å². The van der Waals surface area contributed by atoms with E-state index in [2.05, 4.69) is 0 Å². The molecule has 0 saturated carbocycles. The molecule has 0 aliphatic carbocycles. The lowest BCUT2D eigenvalue weighted by Gasteiger charge is -2.11. The molecule has 12 heteroatoms. The van der Waals surface area contributed by atoms with E-state index in [1.165, 1.54) is 4.72 Å². The lowest BCUT2D eigenvalue weighted by atomic mass is 10.2. The summed E-state index contributed by atoms with van der Waals surface area (Å²) in [5.74, 6) is -0.673. The molecule has 0 fully saturated rings. The number of nitro groups is 1. The number of aromatic hydroxyl groups is 1. The molecule has 8 nitrogen and oxygen atoms in total. The zero-order valence-corrected chi connectivity index (χ0v) is 10.3. The van der Waals surface area contributed by atoms with Gasteiger partial charge in [0.1, 0.15) is 12.3 Å². The smallest absolute Gasteiger partial charge is 0.402 e. The highest BCUT2D eigenvalue weighted by Gasteiger charge is 2.29. The Morgan fingerprint density at radius 2 is 1.95 bits per heavy atom. The molecule has 1 rings (SSSR count). The van der Waals surface area contributed by atoms with Crippen LogP contribution in [0.25, 0.3) is 0 Å². The van der Waals surface area contributed by atoms with E-state index in [1.54, 1.807) is 4.72 Å². The third-order valence-corrected chi connectivity index (χ3v) is 2.91. The summed E-state index contributed by atoms with van der Waals surface area (Å²) in [6.45, 7) is -1.82. The number of nitrogens with one attached hydrogen (secondary N) is 2. The van der Waals surface area contributed by atoms with Crippen LogP contribution >= 0.6 is 0 Å². The van der Waals surface area contributed by atoms with Crippen molar-refractivity contribution in [1.82, 2.24) is 4.72 Å². The summed E-state index contributed by atoms with van der Waals surface area (Å²) in [4.78, 5) is 9.61. The van der Waals surface area contributed by atoms with Crippen molar-refractivity contribution in [2.45, 2.75) is 6.18 Å². The number of nitro benzene ring substituents is 1. The Kier molecular flexibility index (Phi) is 4.39. The molecule has 1 aromatic rings. The molecule has 0 heterocycles. The second kappa shape index (κ2) is 5.50. The first-order valence-electron chi connectivity index (χ1n) is 4.82. The number of hydrogen-bond acceptors (Lipinski definition) is 5. The van der Waals surface area contributed by atoms with Gasteiger partial charge >= 0.3 is 6.18 Å². The highest BCUT2D eigenvalue weighted by molar-refractivity contribution is 7.90. The minimum atomic E-state index is -4.76. The Labute approximate surface area is 110 Å². The fourth-order valence-corrected chi connectivity index (χ4v) is 1.96. The van der Waals surface area contributed by atoms with Crippen molar-refractivity contribution < 1.29 is 31.6 Å². The number of hydrogen-bond donors (Lipinski definition) is 3. The van der Waals surface area contributed by atoms with Gasteiger partial charge in [-0.05, 0) is 6.07 Å². The van der Waals surface area contributed by atoms with Crippen LogP contribution in [0.4, 0.5) is 24.5 Å². The molecule has 0 bridgehead atoms. The van der Waals surface area contributed by atoms with Gasteiger partial charge in [-0.25, -0.2) is 0 Å².